The fourth-order valence-electron chi connectivity index (χ4n) is 2.66. The topological polar surface area (TPSA) is 61.8 Å². The van der Waals surface area contributed by atoms with E-state index in [2.05, 4.69) is 13.2 Å². The molecule has 0 amide bonds. The highest BCUT2D eigenvalue weighted by atomic mass is 16.5. The first kappa shape index (κ1) is 23.6. The van der Waals surface area contributed by atoms with Crippen molar-refractivity contribution in [3.05, 3.63) is 55.1 Å². The van der Waals surface area contributed by atoms with E-state index in [0.717, 1.165) is 23.8 Å². The summed E-state index contributed by atoms with van der Waals surface area (Å²) in [6, 6.07) is 7.61. The summed E-state index contributed by atoms with van der Waals surface area (Å²) in [4.78, 5) is 23.9. The lowest BCUT2D eigenvalue weighted by atomic mass is 9.93. The number of benzene rings is 1. The number of methoxy groups -OCH3 is 1. The number of hydrogen-bond acceptors (Lipinski definition) is 5. The van der Waals surface area contributed by atoms with Crippen LogP contribution in [0.15, 0.2) is 49.6 Å². The Morgan fingerprint density at radius 2 is 1.86 bits per heavy atom. The molecule has 1 aromatic rings. The molecule has 0 aromatic heterocycles. The van der Waals surface area contributed by atoms with Crippen LogP contribution in [0.2, 0.25) is 0 Å². The van der Waals surface area contributed by atoms with E-state index >= 15 is 0 Å². The fraction of sp³-hybridized carbons (Fsp3) is 0.478. The van der Waals surface area contributed by atoms with Crippen molar-refractivity contribution in [2.24, 2.45) is 0 Å². The van der Waals surface area contributed by atoms with E-state index in [9.17, 15) is 9.59 Å². The van der Waals surface area contributed by atoms with E-state index in [0.29, 0.717) is 32.3 Å². The minimum atomic E-state index is -0.812. The average Bonchev–Trinajstić information content (AvgIpc) is 2.73. The lowest BCUT2D eigenvalue weighted by Crippen LogP contribution is -2.37. The van der Waals surface area contributed by atoms with Crippen molar-refractivity contribution < 1.29 is 23.8 Å². The van der Waals surface area contributed by atoms with Crippen LogP contribution in [0, 0.1) is 0 Å². The van der Waals surface area contributed by atoms with E-state index in [-0.39, 0.29) is 11.9 Å². The third-order valence-electron chi connectivity index (χ3n) is 4.82. The van der Waals surface area contributed by atoms with Gasteiger partial charge < -0.3 is 14.2 Å². The molecule has 5 heteroatoms. The quantitative estimate of drug-likeness (QED) is 0.198. The highest BCUT2D eigenvalue weighted by molar-refractivity contribution is 5.86. The first-order chi connectivity index (χ1) is 13.4. The van der Waals surface area contributed by atoms with Crippen LogP contribution >= 0.6 is 0 Å². The summed E-state index contributed by atoms with van der Waals surface area (Å²) in [6.45, 7) is 11.2. The predicted octanol–water partition coefficient (Wildman–Crippen LogP) is 4.79. The van der Waals surface area contributed by atoms with Crippen LogP contribution < -0.4 is 4.74 Å². The highest BCUT2D eigenvalue weighted by Crippen LogP contribution is 2.23. The van der Waals surface area contributed by atoms with Crippen molar-refractivity contribution in [1.29, 1.82) is 0 Å². The van der Waals surface area contributed by atoms with Gasteiger partial charge in [0.2, 0.25) is 0 Å². The number of ketones is 1. The maximum atomic E-state index is 12.7. The maximum absolute atomic E-state index is 12.7. The van der Waals surface area contributed by atoms with Crippen molar-refractivity contribution in [3.63, 3.8) is 0 Å². The van der Waals surface area contributed by atoms with Gasteiger partial charge in [-0.05, 0) is 50.3 Å². The Hall–Kier alpha value is -2.40. The van der Waals surface area contributed by atoms with E-state index in [4.69, 9.17) is 14.2 Å². The minimum Gasteiger partial charge on any atom is -0.497 e. The summed E-state index contributed by atoms with van der Waals surface area (Å²) in [5.41, 5.74) is 0.179. The van der Waals surface area contributed by atoms with Gasteiger partial charge >= 0.3 is 5.97 Å². The zero-order chi connectivity index (χ0) is 21.0. The molecule has 154 valence electrons. The van der Waals surface area contributed by atoms with Gasteiger partial charge in [-0.2, -0.15) is 0 Å². The molecule has 0 bridgehead atoms. The zero-order valence-electron chi connectivity index (χ0n) is 17.2. The third-order valence-corrected chi connectivity index (χ3v) is 4.82. The zero-order valence-corrected chi connectivity index (χ0v) is 17.2. The van der Waals surface area contributed by atoms with E-state index in [1.807, 2.05) is 38.1 Å². The van der Waals surface area contributed by atoms with E-state index in [1.54, 1.807) is 13.2 Å². The van der Waals surface area contributed by atoms with Crippen molar-refractivity contribution >= 4 is 11.8 Å². The van der Waals surface area contributed by atoms with Crippen molar-refractivity contribution in [1.82, 2.24) is 0 Å². The molecule has 0 unspecified atom stereocenters. The molecule has 2 atom stereocenters. The number of carbonyl (C=O) groups is 2. The lowest BCUT2D eigenvalue weighted by Gasteiger charge is -2.27. The van der Waals surface area contributed by atoms with Gasteiger partial charge in [-0.3, -0.25) is 4.79 Å². The van der Waals surface area contributed by atoms with Crippen molar-refractivity contribution in [2.45, 2.75) is 64.3 Å². The SMILES string of the molecule is C=CC(=O)O[C@H](C=C)CCCCC(=O)[C@](C)(CC)OCc1ccc(OC)cc1. The summed E-state index contributed by atoms with van der Waals surface area (Å²) in [5.74, 6) is 0.405. The van der Waals surface area contributed by atoms with Gasteiger partial charge in [0.1, 0.15) is 17.5 Å². The molecule has 0 aliphatic carbocycles. The number of ether oxygens (including phenoxy) is 3. The van der Waals surface area contributed by atoms with E-state index < -0.39 is 11.6 Å². The summed E-state index contributed by atoms with van der Waals surface area (Å²) < 4.78 is 16.3. The van der Waals surface area contributed by atoms with Gasteiger partial charge in [0, 0.05) is 12.5 Å². The Morgan fingerprint density at radius 3 is 2.39 bits per heavy atom. The van der Waals surface area contributed by atoms with Crippen LogP contribution in [0.5, 0.6) is 5.75 Å². The molecule has 5 nitrogen and oxygen atoms in total. The fourth-order valence-corrected chi connectivity index (χ4v) is 2.66. The number of rotatable bonds is 14. The van der Waals surface area contributed by atoms with Crippen LogP contribution in [0.25, 0.3) is 0 Å². The summed E-state index contributed by atoms with van der Waals surface area (Å²) >= 11 is 0. The molecular weight excluding hydrogens is 356 g/mol. The second-order valence-corrected chi connectivity index (χ2v) is 6.81. The predicted molar refractivity (Wildman–Crippen MR) is 110 cm³/mol. The molecule has 0 fully saturated rings. The number of carbonyl (C=O) groups excluding carboxylic acids is 2. The van der Waals surface area contributed by atoms with Gasteiger partial charge in [0.05, 0.1) is 13.7 Å². The molecule has 0 heterocycles. The Labute approximate surface area is 168 Å². The number of esters is 1. The molecule has 0 saturated carbocycles. The first-order valence-electron chi connectivity index (χ1n) is 9.64. The van der Waals surface area contributed by atoms with Gasteiger partial charge in [0.15, 0.2) is 5.78 Å². The molecule has 28 heavy (non-hydrogen) atoms. The molecular formula is C23H32O5. The molecule has 0 radical (unpaired) electrons. The standard InChI is InChI=1S/C23H32O5/c1-6-19(28-22(25)7-2)11-9-10-12-21(24)23(4,8-3)27-17-18-13-15-20(26-5)16-14-18/h6-7,13-16,19H,1-2,8-12,17H2,3-5H3/t19-,23+/m1/s1. The first-order valence-corrected chi connectivity index (χ1v) is 9.64. The van der Waals surface area contributed by atoms with Gasteiger partial charge in [-0.25, -0.2) is 4.79 Å². The highest BCUT2D eigenvalue weighted by Gasteiger charge is 2.31. The number of hydrogen-bond donors (Lipinski definition) is 0. The summed E-state index contributed by atoms with van der Waals surface area (Å²) in [6.07, 6.45) is 5.49. The molecule has 0 aliphatic heterocycles. The second kappa shape index (κ2) is 12.1. The molecule has 1 aromatic carbocycles. The largest absolute Gasteiger partial charge is 0.497 e. The molecule has 0 N–H and O–H groups in total. The van der Waals surface area contributed by atoms with Gasteiger partial charge in [0.25, 0.3) is 0 Å². The third kappa shape index (κ3) is 7.69. The maximum Gasteiger partial charge on any atom is 0.330 e. The minimum absolute atomic E-state index is 0.0850. The molecule has 0 spiro atoms. The summed E-state index contributed by atoms with van der Waals surface area (Å²) in [7, 11) is 1.62. The van der Waals surface area contributed by atoms with Crippen LogP contribution in [-0.2, 0) is 25.7 Å². The van der Waals surface area contributed by atoms with E-state index in [1.165, 1.54) is 0 Å². The van der Waals surface area contributed by atoms with Crippen LogP contribution in [0.3, 0.4) is 0 Å². The number of Topliss-reactive ketones (excluding diaryl/α,β-unsaturated/α-hetero) is 1. The Kier molecular flexibility index (Phi) is 10.2. The Morgan fingerprint density at radius 1 is 1.18 bits per heavy atom. The van der Waals surface area contributed by atoms with Crippen molar-refractivity contribution in [2.75, 3.05) is 7.11 Å². The smallest absolute Gasteiger partial charge is 0.330 e. The van der Waals surface area contributed by atoms with Crippen LogP contribution in [0.4, 0.5) is 0 Å². The van der Waals surface area contributed by atoms with Crippen LogP contribution in [0.1, 0.15) is 51.5 Å². The Bertz CT molecular complexity index is 649. The molecule has 1 rings (SSSR count). The number of unbranched alkanes of at least 4 members (excludes halogenated alkanes) is 1. The molecule has 0 aliphatic rings. The second-order valence-electron chi connectivity index (χ2n) is 6.81. The summed E-state index contributed by atoms with van der Waals surface area (Å²) in [5, 5.41) is 0. The lowest BCUT2D eigenvalue weighted by molar-refractivity contribution is -0.145. The molecule has 0 saturated heterocycles. The van der Waals surface area contributed by atoms with Crippen molar-refractivity contribution in [3.8, 4) is 5.75 Å². The van der Waals surface area contributed by atoms with Gasteiger partial charge in [-0.15, -0.1) is 0 Å². The average molecular weight is 389 g/mol. The monoisotopic (exact) mass is 388 g/mol. The van der Waals surface area contributed by atoms with Crippen LogP contribution in [-0.4, -0.2) is 30.6 Å². The van der Waals surface area contributed by atoms with Gasteiger partial charge in [-0.1, -0.05) is 38.3 Å². The normalized spacial score (nSPS) is 13.8. The Balaban J connectivity index is 2.46.